The number of pyridine rings is 1. The Labute approximate surface area is 121 Å². The highest BCUT2D eigenvalue weighted by Crippen LogP contribution is 2.22. The van der Waals surface area contributed by atoms with Crippen LogP contribution in [-0.4, -0.2) is 54.2 Å². The van der Waals surface area contributed by atoms with E-state index in [1.165, 1.54) is 6.42 Å². The molecule has 0 radical (unpaired) electrons. The average molecular weight is 297 g/mol. The van der Waals surface area contributed by atoms with Crippen molar-refractivity contribution < 1.29 is 18.3 Å². The Bertz CT molecular complexity index is 541. The largest absolute Gasteiger partial charge is 0.373 e. The van der Waals surface area contributed by atoms with Crippen molar-refractivity contribution in [2.24, 2.45) is 0 Å². The van der Waals surface area contributed by atoms with Crippen LogP contribution in [0.1, 0.15) is 23.2 Å². The van der Waals surface area contributed by atoms with Gasteiger partial charge in [0, 0.05) is 25.3 Å². The lowest BCUT2D eigenvalue weighted by atomic mass is 10.2. The molecule has 2 unspecified atom stereocenters. The predicted molar refractivity (Wildman–Crippen MR) is 70.8 cm³/mol. The number of rotatable bonds is 3. The van der Waals surface area contributed by atoms with E-state index in [-0.39, 0.29) is 18.2 Å². The van der Waals surface area contributed by atoms with Crippen molar-refractivity contribution in [1.82, 2.24) is 15.2 Å². The van der Waals surface area contributed by atoms with E-state index in [9.17, 15) is 13.6 Å². The van der Waals surface area contributed by atoms with Gasteiger partial charge in [-0.05, 0) is 25.5 Å². The van der Waals surface area contributed by atoms with Crippen molar-refractivity contribution in [3.63, 3.8) is 0 Å². The first-order valence-corrected chi connectivity index (χ1v) is 7.09. The number of carbonyl (C=O) groups excluding carboxylic acids is 1. The van der Waals surface area contributed by atoms with Crippen molar-refractivity contribution in [2.75, 3.05) is 26.2 Å². The Kier molecular flexibility index (Phi) is 4.12. The molecule has 0 aliphatic carbocycles. The molecule has 3 rings (SSSR count). The third-order valence-electron chi connectivity index (χ3n) is 4.04. The molecule has 114 valence electrons. The zero-order chi connectivity index (χ0) is 14.8. The van der Waals surface area contributed by atoms with Crippen LogP contribution >= 0.6 is 0 Å². The first-order valence-electron chi connectivity index (χ1n) is 7.09. The highest BCUT2D eigenvalue weighted by atomic mass is 19.2. The van der Waals surface area contributed by atoms with Gasteiger partial charge in [0.2, 0.25) is 5.95 Å². The number of hydrogen-bond acceptors (Lipinski definition) is 4. The molecule has 7 heteroatoms. The Hall–Kier alpha value is -1.60. The maximum atomic E-state index is 13.5. The number of morpholine rings is 1. The summed E-state index contributed by atoms with van der Waals surface area (Å²) in [5.41, 5.74) is -0.336. The van der Waals surface area contributed by atoms with Gasteiger partial charge in [0.1, 0.15) is 0 Å². The van der Waals surface area contributed by atoms with Crippen LogP contribution in [0.4, 0.5) is 8.78 Å². The molecule has 1 N–H and O–H groups in total. The normalized spacial score (nSPS) is 25.6. The third kappa shape index (κ3) is 3.03. The smallest absolute Gasteiger partial charge is 0.254 e. The molecule has 21 heavy (non-hydrogen) atoms. The van der Waals surface area contributed by atoms with Crippen LogP contribution in [0.3, 0.4) is 0 Å². The lowest BCUT2D eigenvalue weighted by Crippen LogP contribution is -2.50. The van der Waals surface area contributed by atoms with Crippen LogP contribution in [0.15, 0.2) is 12.3 Å². The summed E-state index contributed by atoms with van der Waals surface area (Å²) in [5.74, 6) is -3.14. The molecule has 2 aliphatic heterocycles. The van der Waals surface area contributed by atoms with Crippen molar-refractivity contribution in [2.45, 2.75) is 25.0 Å². The molecular formula is C14H17F2N3O2. The monoisotopic (exact) mass is 297 g/mol. The molecule has 3 heterocycles. The first-order chi connectivity index (χ1) is 10.1. The van der Waals surface area contributed by atoms with Crippen LogP contribution < -0.4 is 5.32 Å². The number of ether oxygens (including phenoxy) is 1. The Morgan fingerprint density at radius 2 is 2.38 bits per heavy atom. The van der Waals surface area contributed by atoms with Gasteiger partial charge in [-0.25, -0.2) is 9.37 Å². The topological polar surface area (TPSA) is 54.5 Å². The molecule has 2 atom stereocenters. The van der Waals surface area contributed by atoms with E-state index in [1.54, 1.807) is 0 Å². The maximum Gasteiger partial charge on any atom is 0.254 e. The number of nitrogens with zero attached hydrogens (tertiary/aromatic N) is 2. The van der Waals surface area contributed by atoms with Crippen LogP contribution in [0, 0.1) is 11.8 Å². The number of hydrogen-bond donors (Lipinski definition) is 1. The zero-order valence-corrected chi connectivity index (χ0v) is 11.5. The van der Waals surface area contributed by atoms with E-state index in [0.717, 1.165) is 31.8 Å². The average Bonchev–Trinajstić information content (AvgIpc) is 2.95. The number of halogens is 2. The van der Waals surface area contributed by atoms with Crippen LogP contribution in [0.25, 0.3) is 0 Å². The molecule has 0 aromatic carbocycles. The molecule has 0 bridgehead atoms. The number of fused-ring (bicyclic) bond motifs is 1. The predicted octanol–water partition coefficient (Wildman–Crippen LogP) is 0.953. The van der Waals surface area contributed by atoms with Gasteiger partial charge < -0.3 is 10.1 Å². The standard InChI is InChI=1S/C14H17F2N3O2/c15-12-11(3-4-17-13(12)16)14(20)18-6-10-7-19-5-1-2-9(19)8-21-10/h3-4,9-10H,1-2,5-8H2,(H,18,20). The molecule has 1 aromatic rings. The number of aromatic nitrogens is 1. The van der Waals surface area contributed by atoms with E-state index in [4.69, 9.17) is 4.74 Å². The summed E-state index contributed by atoms with van der Waals surface area (Å²) >= 11 is 0. The second-order valence-corrected chi connectivity index (χ2v) is 5.42. The summed E-state index contributed by atoms with van der Waals surface area (Å²) in [6.45, 7) is 2.77. The molecule has 2 aliphatic rings. The van der Waals surface area contributed by atoms with E-state index in [1.807, 2.05) is 0 Å². The lowest BCUT2D eigenvalue weighted by Gasteiger charge is -2.35. The van der Waals surface area contributed by atoms with E-state index in [0.29, 0.717) is 12.6 Å². The second kappa shape index (κ2) is 6.03. The summed E-state index contributed by atoms with van der Waals surface area (Å²) in [7, 11) is 0. The van der Waals surface area contributed by atoms with Crippen molar-refractivity contribution >= 4 is 5.91 Å². The molecule has 0 spiro atoms. The summed E-state index contributed by atoms with van der Waals surface area (Å²) in [6, 6.07) is 1.65. The fourth-order valence-corrected chi connectivity index (χ4v) is 2.90. The molecule has 1 amide bonds. The summed E-state index contributed by atoms with van der Waals surface area (Å²) in [6.07, 6.45) is 3.28. The van der Waals surface area contributed by atoms with E-state index < -0.39 is 17.7 Å². The summed E-state index contributed by atoms with van der Waals surface area (Å²) in [4.78, 5) is 17.4. The Morgan fingerprint density at radius 3 is 3.24 bits per heavy atom. The van der Waals surface area contributed by atoms with Crippen LogP contribution in [-0.2, 0) is 4.74 Å². The molecule has 5 nitrogen and oxygen atoms in total. The van der Waals surface area contributed by atoms with Gasteiger partial charge in [0.15, 0.2) is 5.82 Å². The van der Waals surface area contributed by atoms with Gasteiger partial charge >= 0.3 is 0 Å². The van der Waals surface area contributed by atoms with Crippen LogP contribution in [0.2, 0.25) is 0 Å². The van der Waals surface area contributed by atoms with Crippen molar-refractivity contribution in [3.05, 3.63) is 29.6 Å². The lowest BCUT2D eigenvalue weighted by molar-refractivity contribution is -0.0462. The first kappa shape index (κ1) is 14.3. The van der Waals surface area contributed by atoms with Gasteiger partial charge in [-0.1, -0.05) is 0 Å². The van der Waals surface area contributed by atoms with Crippen molar-refractivity contribution in [1.29, 1.82) is 0 Å². The fraction of sp³-hybridized carbons (Fsp3) is 0.571. The van der Waals surface area contributed by atoms with E-state index in [2.05, 4.69) is 15.2 Å². The summed E-state index contributed by atoms with van der Waals surface area (Å²) < 4.78 is 32.1. The van der Waals surface area contributed by atoms with Gasteiger partial charge in [-0.3, -0.25) is 9.69 Å². The number of amides is 1. The van der Waals surface area contributed by atoms with Gasteiger partial charge in [0.05, 0.1) is 18.3 Å². The second-order valence-electron chi connectivity index (χ2n) is 5.42. The minimum Gasteiger partial charge on any atom is -0.373 e. The zero-order valence-electron chi connectivity index (χ0n) is 11.5. The molecule has 0 saturated carbocycles. The van der Waals surface area contributed by atoms with Gasteiger partial charge in [-0.15, -0.1) is 0 Å². The molecule has 1 aromatic heterocycles. The van der Waals surface area contributed by atoms with Crippen LogP contribution in [0.5, 0.6) is 0 Å². The van der Waals surface area contributed by atoms with Gasteiger partial charge in [0.25, 0.3) is 5.91 Å². The fourth-order valence-electron chi connectivity index (χ4n) is 2.90. The molecule has 2 fully saturated rings. The molecular weight excluding hydrogens is 280 g/mol. The van der Waals surface area contributed by atoms with Crippen molar-refractivity contribution in [3.8, 4) is 0 Å². The highest BCUT2D eigenvalue weighted by Gasteiger charge is 2.32. The number of nitrogens with one attached hydrogen (secondary N) is 1. The molecule has 2 saturated heterocycles. The highest BCUT2D eigenvalue weighted by molar-refractivity contribution is 5.94. The maximum absolute atomic E-state index is 13.5. The quantitative estimate of drug-likeness (QED) is 0.844. The number of carbonyl (C=O) groups is 1. The minimum atomic E-state index is -1.27. The Balaban J connectivity index is 1.55. The summed E-state index contributed by atoms with van der Waals surface area (Å²) in [5, 5.41) is 2.59. The third-order valence-corrected chi connectivity index (χ3v) is 4.04. The minimum absolute atomic E-state index is 0.113. The van der Waals surface area contributed by atoms with Gasteiger partial charge in [-0.2, -0.15) is 4.39 Å². The van der Waals surface area contributed by atoms with E-state index >= 15 is 0 Å². The SMILES string of the molecule is O=C(NCC1CN2CCCC2CO1)c1ccnc(F)c1F. The Morgan fingerprint density at radius 1 is 1.52 bits per heavy atom.